The van der Waals surface area contributed by atoms with Crippen molar-refractivity contribution in [2.24, 2.45) is 0 Å². The molecule has 0 radical (unpaired) electrons. The first-order valence-electron chi connectivity index (χ1n) is 7.45. The number of piperazine rings is 1. The van der Waals surface area contributed by atoms with Gasteiger partial charge in [0.2, 0.25) is 5.95 Å². The SMILES string of the molecule is C=CCNc1ccnc(N2CCN(c3ccccn3)CC2)n1. The number of hydrogen-bond acceptors (Lipinski definition) is 6. The van der Waals surface area contributed by atoms with Crippen molar-refractivity contribution < 1.29 is 0 Å². The van der Waals surface area contributed by atoms with Crippen LogP contribution in [-0.2, 0) is 0 Å². The summed E-state index contributed by atoms with van der Waals surface area (Å²) in [7, 11) is 0. The fraction of sp³-hybridized carbons (Fsp3) is 0.312. The van der Waals surface area contributed by atoms with E-state index in [2.05, 4.69) is 36.6 Å². The lowest BCUT2D eigenvalue weighted by atomic mass is 10.3. The summed E-state index contributed by atoms with van der Waals surface area (Å²) in [5.74, 6) is 2.64. The van der Waals surface area contributed by atoms with Gasteiger partial charge in [0.1, 0.15) is 11.6 Å². The van der Waals surface area contributed by atoms with E-state index in [0.29, 0.717) is 6.54 Å². The average molecular weight is 296 g/mol. The maximum absolute atomic E-state index is 4.55. The second-order valence-electron chi connectivity index (χ2n) is 5.07. The molecule has 0 amide bonds. The predicted molar refractivity (Wildman–Crippen MR) is 89.4 cm³/mol. The maximum Gasteiger partial charge on any atom is 0.227 e. The minimum atomic E-state index is 0.698. The molecule has 6 heteroatoms. The number of nitrogens with zero attached hydrogens (tertiary/aromatic N) is 5. The first kappa shape index (κ1) is 14.3. The van der Waals surface area contributed by atoms with Crippen molar-refractivity contribution in [3.8, 4) is 0 Å². The third kappa shape index (κ3) is 3.33. The highest BCUT2D eigenvalue weighted by Crippen LogP contribution is 2.16. The van der Waals surface area contributed by atoms with Gasteiger partial charge in [-0.25, -0.2) is 9.97 Å². The second-order valence-corrected chi connectivity index (χ2v) is 5.07. The minimum Gasteiger partial charge on any atom is -0.366 e. The van der Waals surface area contributed by atoms with E-state index in [1.165, 1.54) is 0 Å². The summed E-state index contributed by atoms with van der Waals surface area (Å²) in [6.07, 6.45) is 5.44. The summed E-state index contributed by atoms with van der Waals surface area (Å²) in [5.41, 5.74) is 0. The van der Waals surface area contributed by atoms with E-state index in [-0.39, 0.29) is 0 Å². The topological polar surface area (TPSA) is 57.2 Å². The lowest BCUT2D eigenvalue weighted by Crippen LogP contribution is -2.47. The Labute approximate surface area is 130 Å². The highest BCUT2D eigenvalue weighted by atomic mass is 15.3. The molecule has 1 N–H and O–H groups in total. The summed E-state index contributed by atoms with van der Waals surface area (Å²) in [4.78, 5) is 17.8. The van der Waals surface area contributed by atoms with E-state index < -0.39 is 0 Å². The molecule has 22 heavy (non-hydrogen) atoms. The van der Waals surface area contributed by atoms with Crippen LogP contribution in [0.1, 0.15) is 0 Å². The summed E-state index contributed by atoms with van der Waals surface area (Å²) in [6, 6.07) is 7.88. The highest BCUT2D eigenvalue weighted by Gasteiger charge is 2.19. The van der Waals surface area contributed by atoms with Crippen LogP contribution >= 0.6 is 0 Å². The Morgan fingerprint density at radius 3 is 2.59 bits per heavy atom. The molecule has 2 aromatic heterocycles. The van der Waals surface area contributed by atoms with Crippen LogP contribution in [0.15, 0.2) is 49.3 Å². The number of pyridine rings is 1. The number of nitrogens with one attached hydrogen (secondary N) is 1. The van der Waals surface area contributed by atoms with Gasteiger partial charge in [0, 0.05) is 45.1 Å². The zero-order valence-electron chi connectivity index (χ0n) is 12.5. The van der Waals surface area contributed by atoms with Gasteiger partial charge in [-0.05, 0) is 18.2 Å². The molecule has 6 nitrogen and oxygen atoms in total. The Kier molecular flexibility index (Phi) is 4.48. The quantitative estimate of drug-likeness (QED) is 0.849. The van der Waals surface area contributed by atoms with Crippen molar-refractivity contribution in [3.63, 3.8) is 0 Å². The monoisotopic (exact) mass is 296 g/mol. The lowest BCUT2D eigenvalue weighted by Gasteiger charge is -2.35. The summed E-state index contributed by atoms with van der Waals surface area (Å²) >= 11 is 0. The number of aromatic nitrogens is 3. The van der Waals surface area contributed by atoms with Crippen LogP contribution in [0.4, 0.5) is 17.6 Å². The minimum absolute atomic E-state index is 0.698. The van der Waals surface area contributed by atoms with Gasteiger partial charge in [-0.1, -0.05) is 12.1 Å². The molecule has 0 spiro atoms. The Bertz CT molecular complexity index is 607. The fourth-order valence-corrected chi connectivity index (χ4v) is 2.45. The average Bonchev–Trinajstić information content (AvgIpc) is 2.61. The molecule has 1 aliphatic heterocycles. The standard InChI is InChI=1S/C16H20N6/c1-2-7-17-14-6-9-19-16(20-14)22-12-10-21(11-13-22)15-5-3-4-8-18-15/h2-6,8-9H,1,7,10-13H2,(H,17,19,20). The summed E-state index contributed by atoms with van der Waals surface area (Å²) in [5, 5.41) is 3.19. The normalized spacial score (nSPS) is 14.7. The van der Waals surface area contributed by atoms with Gasteiger partial charge in [-0.2, -0.15) is 4.98 Å². The molecule has 0 aromatic carbocycles. The maximum atomic E-state index is 4.55. The smallest absolute Gasteiger partial charge is 0.227 e. The van der Waals surface area contributed by atoms with Gasteiger partial charge >= 0.3 is 0 Å². The van der Waals surface area contributed by atoms with Crippen LogP contribution in [-0.4, -0.2) is 47.7 Å². The van der Waals surface area contributed by atoms with Crippen molar-refractivity contribution in [1.82, 2.24) is 15.0 Å². The van der Waals surface area contributed by atoms with Gasteiger partial charge < -0.3 is 15.1 Å². The molecule has 0 atom stereocenters. The van der Waals surface area contributed by atoms with Crippen molar-refractivity contribution in [3.05, 3.63) is 49.3 Å². The molecule has 1 saturated heterocycles. The van der Waals surface area contributed by atoms with E-state index in [0.717, 1.165) is 43.8 Å². The van der Waals surface area contributed by atoms with Gasteiger partial charge in [0.05, 0.1) is 0 Å². The van der Waals surface area contributed by atoms with E-state index in [9.17, 15) is 0 Å². The molecular weight excluding hydrogens is 276 g/mol. The van der Waals surface area contributed by atoms with Gasteiger partial charge in [0.25, 0.3) is 0 Å². The lowest BCUT2D eigenvalue weighted by molar-refractivity contribution is 0.635. The van der Waals surface area contributed by atoms with E-state index in [4.69, 9.17) is 0 Å². The third-order valence-electron chi connectivity index (χ3n) is 3.61. The summed E-state index contributed by atoms with van der Waals surface area (Å²) in [6.45, 7) is 8.02. The van der Waals surface area contributed by atoms with Crippen molar-refractivity contribution >= 4 is 17.6 Å². The van der Waals surface area contributed by atoms with Crippen LogP contribution in [0.3, 0.4) is 0 Å². The van der Waals surface area contributed by atoms with Crippen LogP contribution in [0.5, 0.6) is 0 Å². The number of rotatable bonds is 5. The van der Waals surface area contributed by atoms with Gasteiger partial charge in [-0.3, -0.25) is 0 Å². The fourth-order valence-electron chi connectivity index (χ4n) is 2.45. The Balaban J connectivity index is 1.62. The van der Waals surface area contributed by atoms with Gasteiger partial charge in [-0.15, -0.1) is 6.58 Å². The molecule has 0 unspecified atom stereocenters. The molecule has 114 valence electrons. The zero-order chi connectivity index (χ0) is 15.2. The van der Waals surface area contributed by atoms with E-state index >= 15 is 0 Å². The van der Waals surface area contributed by atoms with E-state index in [1.54, 1.807) is 6.20 Å². The predicted octanol–water partition coefficient (Wildman–Crippen LogP) is 1.80. The first-order chi connectivity index (χ1) is 10.9. The molecule has 0 saturated carbocycles. The van der Waals surface area contributed by atoms with Gasteiger partial charge in [0.15, 0.2) is 0 Å². The molecule has 0 aliphatic carbocycles. The molecule has 2 aromatic rings. The highest BCUT2D eigenvalue weighted by molar-refractivity contribution is 5.45. The van der Waals surface area contributed by atoms with Crippen molar-refractivity contribution in [2.75, 3.05) is 47.8 Å². The molecular formula is C16H20N6. The van der Waals surface area contributed by atoms with Crippen LogP contribution in [0.2, 0.25) is 0 Å². The van der Waals surface area contributed by atoms with Crippen LogP contribution in [0, 0.1) is 0 Å². The van der Waals surface area contributed by atoms with Crippen molar-refractivity contribution in [2.45, 2.75) is 0 Å². The molecule has 1 aliphatic rings. The van der Waals surface area contributed by atoms with Crippen LogP contribution in [0.25, 0.3) is 0 Å². The van der Waals surface area contributed by atoms with Crippen LogP contribution < -0.4 is 15.1 Å². The third-order valence-corrected chi connectivity index (χ3v) is 3.61. The zero-order valence-corrected chi connectivity index (χ0v) is 12.5. The van der Waals surface area contributed by atoms with E-state index in [1.807, 2.05) is 36.5 Å². The Morgan fingerprint density at radius 2 is 1.86 bits per heavy atom. The Hall–Kier alpha value is -2.63. The largest absolute Gasteiger partial charge is 0.366 e. The second kappa shape index (κ2) is 6.89. The number of anilines is 3. The number of hydrogen-bond donors (Lipinski definition) is 1. The van der Waals surface area contributed by atoms with Crippen molar-refractivity contribution in [1.29, 1.82) is 0 Å². The molecule has 3 heterocycles. The Morgan fingerprint density at radius 1 is 1.05 bits per heavy atom. The molecule has 3 rings (SSSR count). The summed E-state index contributed by atoms with van der Waals surface area (Å²) < 4.78 is 0. The molecule has 1 fully saturated rings. The molecule has 0 bridgehead atoms. The first-order valence-corrected chi connectivity index (χ1v) is 7.45.